The van der Waals surface area contributed by atoms with E-state index in [4.69, 9.17) is 4.74 Å². The molecule has 0 spiro atoms. The number of benzene rings is 1. The zero-order chi connectivity index (χ0) is 12.3. The van der Waals surface area contributed by atoms with E-state index in [0.717, 1.165) is 31.5 Å². The van der Waals surface area contributed by atoms with Crippen molar-refractivity contribution in [2.45, 2.75) is 25.2 Å². The summed E-state index contributed by atoms with van der Waals surface area (Å²) in [6, 6.07) is 5.20. The number of hydrogen-bond acceptors (Lipinski definition) is 2. The summed E-state index contributed by atoms with van der Waals surface area (Å²) >= 11 is 0. The lowest BCUT2D eigenvalue weighted by Gasteiger charge is -2.25. The van der Waals surface area contributed by atoms with Gasteiger partial charge in [-0.05, 0) is 43.5 Å². The Morgan fingerprint density at radius 2 is 2.00 bits per heavy atom. The molecule has 2 nitrogen and oxygen atoms in total. The van der Waals surface area contributed by atoms with Gasteiger partial charge in [0.05, 0.1) is 12.7 Å². The van der Waals surface area contributed by atoms with Crippen LogP contribution in [0.1, 0.15) is 36.3 Å². The average molecular weight is 241 g/mol. The van der Waals surface area contributed by atoms with Gasteiger partial charge in [-0.1, -0.05) is 12.1 Å². The van der Waals surface area contributed by atoms with Gasteiger partial charge in [0.2, 0.25) is 0 Å². The highest BCUT2D eigenvalue weighted by Gasteiger charge is 2.24. The Morgan fingerprint density at radius 3 is 2.59 bits per heavy atom. The Bertz CT molecular complexity index is 376. The average Bonchev–Trinajstić information content (AvgIpc) is 2.38. The van der Waals surface area contributed by atoms with E-state index in [0.29, 0.717) is 5.75 Å². The largest absolute Gasteiger partial charge is 0.496 e. The van der Waals surface area contributed by atoms with Crippen molar-refractivity contribution in [3.05, 3.63) is 29.3 Å². The highest BCUT2D eigenvalue weighted by atomic mass is 19.3. The van der Waals surface area contributed by atoms with Gasteiger partial charge in [0, 0.05) is 0 Å². The minimum atomic E-state index is -2.48. The first kappa shape index (κ1) is 12.3. The third-order valence-corrected chi connectivity index (χ3v) is 3.32. The van der Waals surface area contributed by atoms with Crippen LogP contribution in [-0.4, -0.2) is 20.2 Å². The number of hydrogen-bond donors (Lipinski definition) is 1. The molecule has 1 aromatic carbocycles. The van der Waals surface area contributed by atoms with Gasteiger partial charge >= 0.3 is 0 Å². The molecule has 1 saturated heterocycles. The monoisotopic (exact) mass is 241 g/mol. The fourth-order valence-electron chi connectivity index (χ4n) is 2.46. The molecule has 0 saturated carbocycles. The van der Waals surface area contributed by atoms with E-state index in [-0.39, 0.29) is 11.5 Å². The second-order valence-electron chi connectivity index (χ2n) is 4.29. The summed E-state index contributed by atoms with van der Waals surface area (Å²) in [7, 11) is 1.44. The molecule has 1 aromatic rings. The molecule has 0 amide bonds. The van der Waals surface area contributed by atoms with E-state index in [2.05, 4.69) is 5.32 Å². The Morgan fingerprint density at radius 1 is 1.29 bits per heavy atom. The van der Waals surface area contributed by atoms with Crippen molar-refractivity contribution in [3.63, 3.8) is 0 Å². The lowest BCUT2D eigenvalue weighted by molar-refractivity contribution is 0.145. The Labute approximate surface area is 100.0 Å². The number of alkyl halides is 2. The van der Waals surface area contributed by atoms with Gasteiger partial charge in [-0.25, -0.2) is 8.78 Å². The topological polar surface area (TPSA) is 21.3 Å². The maximum Gasteiger partial charge on any atom is 0.267 e. The van der Waals surface area contributed by atoms with Crippen LogP contribution >= 0.6 is 0 Å². The van der Waals surface area contributed by atoms with Gasteiger partial charge in [0.15, 0.2) is 0 Å². The maximum atomic E-state index is 13.1. The van der Waals surface area contributed by atoms with E-state index in [1.807, 2.05) is 0 Å². The van der Waals surface area contributed by atoms with Gasteiger partial charge in [0.25, 0.3) is 6.43 Å². The molecule has 1 aliphatic rings. The lowest BCUT2D eigenvalue weighted by atomic mass is 9.87. The molecule has 1 fully saturated rings. The molecule has 4 heteroatoms. The maximum absolute atomic E-state index is 13.1. The Kier molecular flexibility index (Phi) is 3.94. The van der Waals surface area contributed by atoms with Gasteiger partial charge in [-0.15, -0.1) is 0 Å². The second-order valence-corrected chi connectivity index (χ2v) is 4.29. The summed E-state index contributed by atoms with van der Waals surface area (Å²) in [6.45, 7) is 1.79. The van der Waals surface area contributed by atoms with Crippen LogP contribution in [0.15, 0.2) is 18.2 Å². The fourth-order valence-corrected chi connectivity index (χ4v) is 2.46. The number of nitrogens with one attached hydrogen (secondary N) is 1. The van der Waals surface area contributed by atoms with Gasteiger partial charge in [-0.2, -0.15) is 0 Å². The first-order chi connectivity index (χ1) is 8.24. The molecular weight excluding hydrogens is 224 g/mol. The van der Waals surface area contributed by atoms with Crippen LogP contribution in [0.5, 0.6) is 5.75 Å². The number of rotatable bonds is 3. The zero-order valence-electron chi connectivity index (χ0n) is 9.88. The molecule has 0 bridgehead atoms. The SMILES string of the molecule is COc1cccc(C2CCNCC2)c1C(F)F. The number of ether oxygens (including phenoxy) is 1. The van der Waals surface area contributed by atoms with Crippen molar-refractivity contribution >= 4 is 0 Å². The summed E-state index contributed by atoms with van der Waals surface area (Å²) in [5.41, 5.74) is 0.822. The van der Waals surface area contributed by atoms with Crippen LogP contribution in [0.2, 0.25) is 0 Å². The van der Waals surface area contributed by atoms with Gasteiger partial charge in [0.1, 0.15) is 5.75 Å². The van der Waals surface area contributed by atoms with E-state index in [1.165, 1.54) is 7.11 Å². The van der Waals surface area contributed by atoms with E-state index < -0.39 is 6.43 Å². The second kappa shape index (κ2) is 5.45. The molecule has 1 heterocycles. The zero-order valence-corrected chi connectivity index (χ0v) is 9.88. The molecule has 2 rings (SSSR count). The molecule has 1 aliphatic heterocycles. The lowest BCUT2D eigenvalue weighted by Crippen LogP contribution is -2.27. The van der Waals surface area contributed by atoms with Crippen LogP contribution in [-0.2, 0) is 0 Å². The third kappa shape index (κ3) is 2.57. The molecule has 0 aromatic heterocycles. The summed E-state index contributed by atoms with van der Waals surface area (Å²) in [5.74, 6) is 0.520. The predicted molar refractivity (Wildman–Crippen MR) is 62.8 cm³/mol. The smallest absolute Gasteiger partial charge is 0.267 e. The first-order valence-electron chi connectivity index (χ1n) is 5.89. The van der Waals surface area contributed by atoms with Crippen molar-refractivity contribution in [2.75, 3.05) is 20.2 Å². The molecule has 17 heavy (non-hydrogen) atoms. The molecule has 0 aliphatic carbocycles. The van der Waals surface area contributed by atoms with Crippen molar-refractivity contribution in [1.29, 1.82) is 0 Å². The van der Waals surface area contributed by atoms with Gasteiger partial charge in [-0.3, -0.25) is 0 Å². The fraction of sp³-hybridized carbons (Fsp3) is 0.538. The minimum Gasteiger partial charge on any atom is -0.496 e. The van der Waals surface area contributed by atoms with E-state index in [1.54, 1.807) is 18.2 Å². The Hall–Kier alpha value is -1.16. The summed E-state index contributed by atoms with van der Waals surface area (Å²) in [4.78, 5) is 0. The number of halogens is 2. The number of piperidine rings is 1. The van der Waals surface area contributed by atoms with Crippen molar-refractivity contribution in [1.82, 2.24) is 5.32 Å². The molecule has 94 valence electrons. The quantitative estimate of drug-likeness (QED) is 0.878. The number of methoxy groups -OCH3 is 1. The Balaban J connectivity index is 2.37. The molecule has 1 N–H and O–H groups in total. The highest BCUT2D eigenvalue weighted by Crippen LogP contribution is 2.38. The molecular formula is C13H17F2NO. The highest BCUT2D eigenvalue weighted by molar-refractivity contribution is 5.43. The van der Waals surface area contributed by atoms with E-state index in [9.17, 15) is 8.78 Å². The van der Waals surface area contributed by atoms with Crippen LogP contribution in [0.3, 0.4) is 0 Å². The van der Waals surface area contributed by atoms with Crippen LogP contribution in [0.4, 0.5) is 8.78 Å². The summed E-state index contributed by atoms with van der Waals surface area (Å²) in [5, 5.41) is 3.24. The van der Waals surface area contributed by atoms with Crippen molar-refractivity contribution < 1.29 is 13.5 Å². The van der Waals surface area contributed by atoms with Crippen LogP contribution in [0.25, 0.3) is 0 Å². The molecule has 0 atom stereocenters. The molecule has 0 unspecified atom stereocenters. The van der Waals surface area contributed by atoms with Crippen LogP contribution in [0, 0.1) is 0 Å². The molecule has 0 radical (unpaired) electrons. The summed E-state index contributed by atoms with van der Waals surface area (Å²) < 4.78 is 31.3. The first-order valence-corrected chi connectivity index (χ1v) is 5.89. The van der Waals surface area contributed by atoms with Crippen molar-refractivity contribution in [2.24, 2.45) is 0 Å². The van der Waals surface area contributed by atoms with E-state index >= 15 is 0 Å². The summed E-state index contributed by atoms with van der Waals surface area (Å²) in [6.07, 6.45) is -0.657. The van der Waals surface area contributed by atoms with Crippen LogP contribution < -0.4 is 10.1 Å². The third-order valence-electron chi connectivity index (χ3n) is 3.32. The van der Waals surface area contributed by atoms with Gasteiger partial charge < -0.3 is 10.1 Å². The standard InChI is InChI=1S/C13H17F2NO/c1-17-11-4-2-3-10(12(11)13(14)15)9-5-7-16-8-6-9/h2-4,9,13,16H,5-8H2,1H3. The minimum absolute atomic E-state index is 0.0712. The normalized spacial score (nSPS) is 17.4. The predicted octanol–water partition coefficient (Wildman–Crippen LogP) is 3.10. The van der Waals surface area contributed by atoms with Crippen molar-refractivity contribution in [3.8, 4) is 5.75 Å².